The molecule has 7 heteroatoms. The Morgan fingerprint density at radius 3 is 2.74 bits per heavy atom. The number of hydrogen-bond donors (Lipinski definition) is 2. The van der Waals surface area contributed by atoms with Crippen molar-refractivity contribution in [2.75, 3.05) is 6.54 Å². The third-order valence-corrected chi connectivity index (χ3v) is 2.21. The summed E-state index contributed by atoms with van der Waals surface area (Å²) in [4.78, 5) is 10.3. The number of carboxylic acid groups (broad SMARTS) is 1. The van der Waals surface area contributed by atoms with Crippen LogP contribution < -0.4 is 10.1 Å². The number of hydrogen-bond acceptors (Lipinski definition) is 3. The van der Waals surface area contributed by atoms with E-state index in [1.54, 1.807) is 6.07 Å². The number of rotatable bonds is 7. The normalized spacial score (nSPS) is 11.3. The van der Waals surface area contributed by atoms with E-state index in [9.17, 15) is 18.0 Å². The molecular formula is C12H14F3NO3. The molecule has 19 heavy (non-hydrogen) atoms. The van der Waals surface area contributed by atoms with E-state index >= 15 is 0 Å². The van der Waals surface area contributed by atoms with Crippen molar-refractivity contribution in [3.05, 3.63) is 29.8 Å². The SMILES string of the molecule is O=C(O)CCCNCc1cccc(OC(F)(F)F)c1. The summed E-state index contributed by atoms with van der Waals surface area (Å²) in [5.41, 5.74) is 0.636. The second-order valence-corrected chi connectivity index (χ2v) is 3.87. The monoisotopic (exact) mass is 277 g/mol. The van der Waals surface area contributed by atoms with Crippen LogP contribution in [0.3, 0.4) is 0 Å². The lowest BCUT2D eigenvalue weighted by atomic mass is 10.2. The van der Waals surface area contributed by atoms with Gasteiger partial charge in [-0.3, -0.25) is 4.79 Å². The molecule has 0 aromatic heterocycles. The molecule has 0 saturated heterocycles. The van der Waals surface area contributed by atoms with Gasteiger partial charge in [0.1, 0.15) is 5.75 Å². The van der Waals surface area contributed by atoms with Crippen molar-refractivity contribution in [1.29, 1.82) is 0 Å². The van der Waals surface area contributed by atoms with Crippen molar-refractivity contribution in [3.63, 3.8) is 0 Å². The van der Waals surface area contributed by atoms with Gasteiger partial charge in [0.05, 0.1) is 0 Å². The molecule has 1 rings (SSSR count). The Labute approximate surface area is 108 Å². The highest BCUT2D eigenvalue weighted by molar-refractivity contribution is 5.66. The van der Waals surface area contributed by atoms with E-state index in [-0.39, 0.29) is 12.2 Å². The molecule has 1 aromatic carbocycles. The van der Waals surface area contributed by atoms with Crippen molar-refractivity contribution in [3.8, 4) is 5.75 Å². The highest BCUT2D eigenvalue weighted by Gasteiger charge is 2.31. The van der Waals surface area contributed by atoms with Crippen LogP contribution in [0, 0.1) is 0 Å². The van der Waals surface area contributed by atoms with E-state index in [0.717, 1.165) is 0 Å². The molecule has 0 unspecified atom stereocenters. The van der Waals surface area contributed by atoms with Crippen molar-refractivity contribution in [2.45, 2.75) is 25.7 Å². The smallest absolute Gasteiger partial charge is 0.481 e. The molecule has 0 spiro atoms. The number of ether oxygens (including phenoxy) is 1. The van der Waals surface area contributed by atoms with Crippen LogP contribution >= 0.6 is 0 Å². The molecule has 0 aliphatic carbocycles. The first-order chi connectivity index (χ1) is 8.87. The van der Waals surface area contributed by atoms with Gasteiger partial charge in [-0.05, 0) is 30.7 Å². The first kappa shape index (κ1) is 15.3. The molecule has 4 nitrogen and oxygen atoms in total. The van der Waals surface area contributed by atoms with Crippen LogP contribution in [0.2, 0.25) is 0 Å². The Balaban J connectivity index is 2.38. The van der Waals surface area contributed by atoms with Crippen LogP contribution in [0.15, 0.2) is 24.3 Å². The summed E-state index contributed by atoms with van der Waals surface area (Å²) < 4.78 is 39.8. The summed E-state index contributed by atoms with van der Waals surface area (Å²) in [6, 6.07) is 5.64. The Morgan fingerprint density at radius 1 is 1.37 bits per heavy atom. The third kappa shape index (κ3) is 7.30. The maximum atomic E-state index is 12.0. The fourth-order valence-electron chi connectivity index (χ4n) is 1.45. The number of halogens is 3. The Kier molecular flexibility index (Phi) is 5.62. The van der Waals surface area contributed by atoms with Gasteiger partial charge in [0.25, 0.3) is 0 Å². The fourth-order valence-corrected chi connectivity index (χ4v) is 1.45. The molecule has 0 amide bonds. The van der Waals surface area contributed by atoms with Crippen molar-refractivity contribution in [1.82, 2.24) is 5.32 Å². The first-order valence-electron chi connectivity index (χ1n) is 5.64. The highest BCUT2D eigenvalue weighted by Crippen LogP contribution is 2.23. The maximum absolute atomic E-state index is 12.0. The van der Waals surface area contributed by atoms with E-state index in [1.165, 1.54) is 18.2 Å². The summed E-state index contributed by atoms with van der Waals surface area (Å²) >= 11 is 0. The van der Waals surface area contributed by atoms with Crippen LogP contribution in [0.1, 0.15) is 18.4 Å². The van der Waals surface area contributed by atoms with Crippen LogP contribution in [-0.4, -0.2) is 24.0 Å². The molecule has 0 bridgehead atoms. The molecular weight excluding hydrogens is 263 g/mol. The van der Waals surface area contributed by atoms with Gasteiger partial charge in [0.15, 0.2) is 0 Å². The molecule has 0 fully saturated rings. The van der Waals surface area contributed by atoms with Crippen molar-refractivity contribution >= 4 is 5.97 Å². The zero-order valence-corrected chi connectivity index (χ0v) is 10.0. The molecule has 0 atom stereocenters. The van der Waals surface area contributed by atoms with Crippen LogP contribution in [-0.2, 0) is 11.3 Å². The predicted octanol–water partition coefficient (Wildman–Crippen LogP) is 2.54. The van der Waals surface area contributed by atoms with Crippen LogP contribution in [0.5, 0.6) is 5.75 Å². The number of alkyl halides is 3. The summed E-state index contributed by atoms with van der Waals surface area (Å²) in [6.07, 6.45) is -4.17. The average Bonchev–Trinajstić information content (AvgIpc) is 2.26. The summed E-state index contributed by atoms with van der Waals surface area (Å²) in [5, 5.41) is 11.4. The van der Waals surface area contributed by atoms with E-state index < -0.39 is 12.3 Å². The van der Waals surface area contributed by atoms with Gasteiger partial charge in [-0.1, -0.05) is 12.1 Å². The second-order valence-electron chi connectivity index (χ2n) is 3.87. The summed E-state index contributed by atoms with van der Waals surface area (Å²) in [5.74, 6) is -1.14. The molecule has 0 heterocycles. The number of aliphatic carboxylic acids is 1. The number of nitrogens with one attached hydrogen (secondary N) is 1. The minimum absolute atomic E-state index is 0.0597. The first-order valence-corrected chi connectivity index (χ1v) is 5.64. The Hall–Kier alpha value is -1.76. The standard InChI is InChI=1S/C12H14F3NO3/c13-12(14,15)19-10-4-1-3-9(7-10)8-16-6-2-5-11(17)18/h1,3-4,7,16H,2,5-6,8H2,(H,17,18). The van der Waals surface area contributed by atoms with Crippen LogP contribution in [0.25, 0.3) is 0 Å². The summed E-state index contributed by atoms with van der Waals surface area (Å²) in [6.45, 7) is 0.839. The number of carbonyl (C=O) groups is 1. The predicted molar refractivity (Wildman–Crippen MR) is 61.7 cm³/mol. The van der Waals surface area contributed by atoms with E-state index in [1.807, 2.05) is 0 Å². The topological polar surface area (TPSA) is 58.6 Å². The zero-order valence-electron chi connectivity index (χ0n) is 10.0. The van der Waals surface area contributed by atoms with Gasteiger partial charge < -0.3 is 15.2 Å². The minimum Gasteiger partial charge on any atom is -0.481 e. The third-order valence-electron chi connectivity index (χ3n) is 2.21. The minimum atomic E-state index is -4.70. The quantitative estimate of drug-likeness (QED) is 0.752. The highest BCUT2D eigenvalue weighted by atomic mass is 19.4. The Bertz CT molecular complexity index is 421. The molecule has 0 aliphatic heterocycles. The fraction of sp³-hybridized carbons (Fsp3) is 0.417. The number of carboxylic acids is 1. The van der Waals surface area contributed by atoms with E-state index in [0.29, 0.717) is 25.1 Å². The van der Waals surface area contributed by atoms with Gasteiger partial charge in [-0.25, -0.2) is 0 Å². The van der Waals surface area contributed by atoms with E-state index in [2.05, 4.69) is 10.1 Å². The summed E-state index contributed by atoms with van der Waals surface area (Å²) in [7, 11) is 0. The van der Waals surface area contributed by atoms with Gasteiger partial charge >= 0.3 is 12.3 Å². The van der Waals surface area contributed by atoms with Crippen molar-refractivity contribution in [2.24, 2.45) is 0 Å². The molecule has 2 N–H and O–H groups in total. The van der Waals surface area contributed by atoms with Gasteiger partial charge in [-0.2, -0.15) is 0 Å². The maximum Gasteiger partial charge on any atom is 0.573 e. The second kappa shape index (κ2) is 6.98. The Morgan fingerprint density at radius 2 is 2.11 bits per heavy atom. The van der Waals surface area contributed by atoms with Crippen LogP contribution in [0.4, 0.5) is 13.2 Å². The molecule has 0 saturated carbocycles. The lowest BCUT2D eigenvalue weighted by Gasteiger charge is -2.10. The largest absolute Gasteiger partial charge is 0.573 e. The average molecular weight is 277 g/mol. The molecule has 0 radical (unpaired) electrons. The lowest BCUT2D eigenvalue weighted by molar-refractivity contribution is -0.274. The zero-order chi connectivity index (χ0) is 14.3. The van der Waals surface area contributed by atoms with Gasteiger partial charge in [-0.15, -0.1) is 13.2 Å². The van der Waals surface area contributed by atoms with Gasteiger partial charge in [0.2, 0.25) is 0 Å². The van der Waals surface area contributed by atoms with Crippen molar-refractivity contribution < 1.29 is 27.8 Å². The molecule has 106 valence electrons. The molecule has 0 aliphatic rings. The lowest BCUT2D eigenvalue weighted by Crippen LogP contribution is -2.18. The number of benzene rings is 1. The molecule has 1 aromatic rings. The van der Waals surface area contributed by atoms with Gasteiger partial charge in [0, 0.05) is 13.0 Å². The van der Waals surface area contributed by atoms with E-state index in [4.69, 9.17) is 5.11 Å².